The zero-order chi connectivity index (χ0) is 60.8. The van der Waals surface area contributed by atoms with E-state index in [0.717, 1.165) is 25.7 Å². The Hall–Kier alpha value is -5.42. The fraction of sp³-hybridized carbons (Fsp3) is 0.788. The van der Waals surface area contributed by atoms with Crippen LogP contribution in [-0.2, 0) is 66.7 Å². The van der Waals surface area contributed by atoms with E-state index in [1.165, 1.54) is 54.0 Å². The highest BCUT2D eigenvalue weighted by atomic mass is 16.8. The molecular weight excluding hydrogens is 1080 g/mol. The summed E-state index contributed by atoms with van der Waals surface area (Å²) in [6.07, 6.45) is 6.94. The van der Waals surface area contributed by atoms with Gasteiger partial charge in [-0.05, 0) is 185 Å². The summed E-state index contributed by atoms with van der Waals surface area (Å²) in [7, 11) is 2.80. The third kappa shape index (κ3) is 12.2. The van der Waals surface area contributed by atoms with Gasteiger partial charge in [0.15, 0.2) is 11.5 Å². The first kappa shape index (κ1) is 63.1. The summed E-state index contributed by atoms with van der Waals surface area (Å²) in [5, 5.41) is 0. The van der Waals surface area contributed by atoms with Gasteiger partial charge in [0, 0.05) is 63.2 Å². The molecule has 466 valence electrons. The first-order valence-corrected chi connectivity index (χ1v) is 31.4. The zero-order valence-electron chi connectivity index (χ0n) is 51.8. The molecule has 22 atom stereocenters. The molecule has 18 heteroatoms. The molecule has 0 bridgehead atoms. The highest BCUT2D eigenvalue weighted by molar-refractivity contribution is 5.71. The lowest BCUT2D eigenvalue weighted by atomic mass is 9.43. The van der Waals surface area contributed by atoms with Gasteiger partial charge in [-0.3, -0.25) is 28.8 Å². The molecule has 0 amide bonds. The SMILES string of the molecule is COC(=O)CC[C@@H](C)[C@H]1CC[C@H]2[C@@H]3[C@H](OC(C)=O)C[C@@H]4C[C@H](OC(=O)Oc5ccccc5OC(=O)O[C@@H]5CC[C@@]6(C)[C@@H](C5)C[C@@H](OC(C)=O)[C@@H]5[C@@H]6C[C@H](OC(C)=O)[C@]6(C)[C@@H]([C@H](C)CCC(=O)OC)CC[C@@H]56)CC[C@]4(C)[C@H]3C[C@H](OC(C)=O)[C@]12C. The van der Waals surface area contributed by atoms with Crippen LogP contribution in [0.15, 0.2) is 24.3 Å². The minimum atomic E-state index is -0.954. The minimum Gasteiger partial charge on any atom is -0.469 e. The van der Waals surface area contributed by atoms with Crippen LogP contribution in [0.4, 0.5) is 9.59 Å². The number of ether oxygens (including phenoxy) is 10. The molecule has 8 saturated carbocycles. The van der Waals surface area contributed by atoms with Crippen molar-refractivity contribution in [3.05, 3.63) is 24.3 Å². The smallest absolute Gasteiger partial charge is 0.469 e. The third-order valence-corrected chi connectivity index (χ3v) is 24.0. The fourth-order valence-electron chi connectivity index (χ4n) is 20.2. The quantitative estimate of drug-likeness (QED) is 0.0851. The number of rotatable bonds is 16. The second kappa shape index (κ2) is 25.1. The number of esters is 6. The number of hydrogen-bond acceptors (Lipinski definition) is 18. The lowest BCUT2D eigenvalue weighted by Crippen LogP contribution is -2.63. The molecule has 1 aromatic rings. The molecule has 8 aliphatic carbocycles. The van der Waals surface area contributed by atoms with Gasteiger partial charge in [-0.1, -0.05) is 53.7 Å². The van der Waals surface area contributed by atoms with Gasteiger partial charge in [0.1, 0.15) is 36.6 Å². The minimum absolute atomic E-state index is 0.00440. The van der Waals surface area contributed by atoms with Gasteiger partial charge in [0.05, 0.1) is 14.2 Å². The Balaban J connectivity index is 0.839. The molecule has 0 aromatic heterocycles. The lowest BCUT2D eigenvalue weighted by Gasteiger charge is -2.64. The Morgan fingerprint density at radius 3 is 1.19 bits per heavy atom. The molecule has 8 fully saturated rings. The van der Waals surface area contributed by atoms with E-state index in [1.54, 1.807) is 12.1 Å². The Morgan fingerprint density at radius 2 is 0.845 bits per heavy atom. The average Bonchev–Trinajstić information content (AvgIpc) is 1.35. The first-order chi connectivity index (χ1) is 39.7. The molecule has 0 saturated heterocycles. The Labute approximate surface area is 496 Å². The maximum Gasteiger partial charge on any atom is 0.514 e. The van der Waals surface area contributed by atoms with Crippen molar-refractivity contribution < 1.29 is 85.7 Å². The van der Waals surface area contributed by atoms with Gasteiger partial charge in [0.2, 0.25) is 0 Å². The van der Waals surface area contributed by atoms with Crippen molar-refractivity contribution in [2.45, 2.75) is 221 Å². The fourth-order valence-corrected chi connectivity index (χ4v) is 20.2. The van der Waals surface area contributed by atoms with E-state index in [4.69, 9.17) is 47.4 Å². The molecule has 0 radical (unpaired) electrons. The van der Waals surface area contributed by atoms with E-state index in [0.29, 0.717) is 89.9 Å². The maximum absolute atomic E-state index is 13.8. The van der Waals surface area contributed by atoms with E-state index >= 15 is 0 Å². The molecule has 0 spiro atoms. The monoisotopic (exact) mass is 1170 g/mol. The van der Waals surface area contributed by atoms with Crippen molar-refractivity contribution in [1.29, 1.82) is 0 Å². The number of hydrogen-bond donors (Lipinski definition) is 0. The van der Waals surface area contributed by atoms with Gasteiger partial charge in [0.25, 0.3) is 0 Å². The van der Waals surface area contributed by atoms with Crippen LogP contribution in [0, 0.1) is 92.7 Å². The maximum atomic E-state index is 13.8. The molecule has 1 aromatic carbocycles. The average molecular weight is 1180 g/mol. The molecule has 84 heavy (non-hydrogen) atoms. The van der Waals surface area contributed by atoms with Crippen molar-refractivity contribution in [2.75, 3.05) is 14.2 Å². The predicted molar refractivity (Wildman–Crippen MR) is 303 cm³/mol. The molecule has 0 aliphatic heterocycles. The second-order valence-electron chi connectivity index (χ2n) is 27.9. The van der Waals surface area contributed by atoms with Crippen LogP contribution in [0.5, 0.6) is 11.5 Å². The summed E-state index contributed by atoms with van der Waals surface area (Å²) in [5.74, 6) is -0.934. The van der Waals surface area contributed by atoms with E-state index < -0.39 is 47.6 Å². The Bertz CT molecular complexity index is 2460. The lowest BCUT2D eigenvalue weighted by molar-refractivity contribution is -0.224. The van der Waals surface area contributed by atoms with Crippen LogP contribution < -0.4 is 9.47 Å². The van der Waals surface area contributed by atoms with Crippen molar-refractivity contribution in [3.63, 3.8) is 0 Å². The molecule has 9 rings (SSSR count). The van der Waals surface area contributed by atoms with E-state index in [2.05, 4.69) is 41.5 Å². The van der Waals surface area contributed by atoms with E-state index in [1.807, 2.05) is 0 Å². The van der Waals surface area contributed by atoms with Gasteiger partial charge >= 0.3 is 48.1 Å². The zero-order valence-corrected chi connectivity index (χ0v) is 51.8. The molecule has 8 aliphatic rings. The van der Waals surface area contributed by atoms with Crippen molar-refractivity contribution in [3.8, 4) is 11.5 Å². The summed E-state index contributed by atoms with van der Waals surface area (Å²) in [6, 6.07) is 6.35. The van der Waals surface area contributed by atoms with Gasteiger partial charge < -0.3 is 47.4 Å². The summed E-state index contributed by atoms with van der Waals surface area (Å²) in [6.45, 7) is 19.3. The van der Waals surface area contributed by atoms with Crippen LogP contribution >= 0.6 is 0 Å². The molecule has 18 nitrogen and oxygen atoms in total. The van der Waals surface area contributed by atoms with Gasteiger partial charge in [-0.2, -0.15) is 0 Å². The Morgan fingerprint density at radius 1 is 0.476 bits per heavy atom. The standard InChI is InChI=1S/C66H94O18/c1-35(17-23-57(71)75-11)45-19-21-47-59-49(33-55(65(45,47)9)79-39(5)69)63(7)27-25-43(29-41(63)31-53(59)77-37(3)67)81-61(73)83-51-15-13-14-16-52(51)84-62(74)82-44-26-28-64(8)42(30-44)32-54(78-38(4)68)60-48-22-20-46(36(2)18-24-58(72)76-12)66(48,10)56(34-50(60)64)80-40(6)70/h13-16,35-36,41-50,53-56,59-60H,17-34H2,1-12H3/t35-,36-,41+,42+,43-,44-,45-,46-,47+,48+,49+,50+,53-,54-,55+,56+,59+,60+,63+,64+,65-,66-/m1/s1. The first-order valence-electron chi connectivity index (χ1n) is 31.4. The molecule has 0 heterocycles. The Kier molecular flexibility index (Phi) is 18.9. The number of methoxy groups -OCH3 is 2. The summed E-state index contributed by atoms with van der Waals surface area (Å²) < 4.78 is 58.9. The van der Waals surface area contributed by atoms with Crippen molar-refractivity contribution in [1.82, 2.24) is 0 Å². The van der Waals surface area contributed by atoms with Gasteiger partial charge in [-0.25, -0.2) is 9.59 Å². The van der Waals surface area contributed by atoms with E-state index in [9.17, 15) is 38.4 Å². The highest BCUT2D eigenvalue weighted by Crippen LogP contribution is 2.71. The molecule has 0 unspecified atom stereocenters. The largest absolute Gasteiger partial charge is 0.514 e. The third-order valence-electron chi connectivity index (χ3n) is 24.0. The second-order valence-corrected chi connectivity index (χ2v) is 27.9. The number of fused-ring (bicyclic) bond motifs is 10. The van der Waals surface area contributed by atoms with Gasteiger partial charge in [-0.15, -0.1) is 0 Å². The molecular formula is C66H94O18. The summed E-state index contributed by atoms with van der Waals surface area (Å²) in [4.78, 5) is 104. The van der Waals surface area contributed by atoms with Crippen LogP contribution in [0.25, 0.3) is 0 Å². The number of carbonyl (C=O) groups excluding carboxylic acids is 8. The number of para-hydroxylation sites is 2. The topological polar surface area (TPSA) is 229 Å². The normalized spacial score (nSPS) is 39.7. The van der Waals surface area contributed by atoms with E-state index in [-0.39, 0.29) is 141 Å². The van der Waals surface area contributed by atoms with Crippen molar-refractivity contribution >= 4 is 48.1 Å². The van der Waals surface area contributed by atoms with Crippen LogP contribution in [-0.4, -0.2) is 99.0 Å². The molecule has 0 N–H and O–H groups in total. The number of benzene rings is 1. The highest BCUT2D eigenvalue weighted by Gasteiger charge is 2.70. The number of carbonyl (C=O) groups is 8. The predicted octanol–water partition coefficient (Wildman–Crippen LogP) is 12.1. The van der Waals surface area contributed by atoms with Crippen LogP contribution in [0.1, 0.15) is 185 Å². The summed E-state index contributed by atoms with van der Waals surface area (Å²) in [5.41, 5.74) is -1.32. The summed E-state index contributed by atoms with van der Waals surface area (Å²) >= 11 is 0. The van der Waals surface area contributed by atoms with Crippen molar-refractivity contribution in [2.24, 2.45) is 92.7 Å². The van der Waals surface area contributed by atoms with Crippen LogP contribution in [0.2, 0.25) is 0 Å². The van der Waals surface area contributed by atoms with Crippen LogP contribution in [0.3, 0.4) is 0 Å².